The van der Waals surface area contributed by atoms with Crippen LogP contribution in [0.3, 0.4) is 0 Å². The summed E-state index contributed by atoms with van der Waals surface area (Å²) in [6.45, 7) is 0. The van der Waals surface area contributed by atoms with Gasteiger partial charge in [-0.3, -0.25) is 4.40 Å². The van der Waals surface area contributed by atoms with Gasteiger partial charge in [0.1, 0.15) is 5.75 Å². The lowest BCUT2D eigenvalue weighted by molar-refractivity contribution is 0.176. The van der Waals surface area contributed by atoms with Crippen LogP contribution in [0.4, 0.5) is 0 Å². The number of imidazole rings is 1. The van der Waals surface area contributed by atoms with Crippen LogP contribution in [0, 0.1) is 0 Å². The van der Waals surface area contributed by atoms with Crippen molar-refractivity contribution in [2.24, 2.45) is 0 Å². The number of benzene rings is 1. The molecule has 0 saturated heterocycles. The molecule has 3 aromatic rings. The van der Waals surface area contributed by atoms with Crippen molar-refractivity contribution in [3.8, 4) is 5.75 Å². The molecule has 1 atom stereocenters. The molecule has 0 fully saturated rings. The zero-order chi connectivity index (χ0) is 14.1. The summed E-state index contributed by atoms with van der Waals surface area (Å²) >= 11 is 5.04. The molecule has 4 nitrogen and oxygen atoms in total. The van der Waals surface area contributed by atoms with Gasteiger partial charge in [-0.25, -0.2) is 4.98 Å². The third-order valence-corrected chi connectivity index (χ3v) is 4.60. The van der Waals surface area contributed by atoms with Crippen molar-refractivity contribution in [3.63, 3.8) is 0 Å². The molecule has 0 spiro atoms. The molecule has 1 unspecified atom stereocenters. The van der Waals surface area contributed by atoms with Crippen molar-refractivity contribution >= 4 is 32.2 Å². The van der Waals surface area contributed by atoms with Gasteiger partial charge in [0.15, 0.2) is 4.96 Å². The lowest BCUT2D eigenvalue weighted by atomic mass is 10.1. The molecule has 1 aromatic carbocycles. The molecular weight excluding hydrogens is 340 g/mol. The highest BCUT2D eigenvalue weighted by atomic mass is 79.9. The lowest BCUT2D eigenvalue weighted by Gasteiger charge is -2.13. The molecule has 6 heteroatoms. The number of nitrogens with zero attached hydrogens (tertiary/aromatic N) is 2. The van der Waals surface area contributed by atoms with Crippen LogP contribution in [-0.4, -0.2) is 21.6 Å². The van der Waals surface area contributed by atoms with Gasteiger partial charge in [0.25, 0.3) is 0 Å². The van der Waals surface area contributed by atoms with E-state index in [-0.39, 0.29) is 0 Å². The molecule has 0 radical (unpaired) electrons. The number of aliphatic hydroxyl groups is 1. The summed E-state index contributed by atoms with van der Waals surface area (Å²) in [4.78, 5) is 5.43. The van der Waals surface area contributed by atoms with Gasteiger partial charge in [0.2, 0.25) is 0 Å². The fourth-order valence-corrected chi connectivity index (χ4v) is 3.32. The number of fused-ring (bicyclic) bond motifs is 1. The first-order valence-corrected chi connectivity index (χ1v) is 7.77. The minimum absolute atomic E-state index is 0.472. The van der Waals surface area contributed by atoms with Gasteiger partial charge in [-0.1, -0.05) is 15.9 Å². The van der Waals surface area contributed by atoms with Crippen LogP contribution in [0.15, 0.2) is 40.4 Å². The second-order valence-corrected chi connectivity index (χ2v) is 6.16. The molecule has 0 bridgehead atoms. The molecule has 1 N–H and O–H groups in total. The van der Waals surface area contributed by atoms with Crippen molar-refractivity contribution in [2.75, 3.05) is 7.11 Å². The van der Waals surface area contributed by atoms with Crippen molar-refractivity contribution in [1.29, 1.82) is 0 Å². The Morgan fingerprint density at radius 2 is 2.35 bits per heavy atom. The highest BCUT2D eigenvalue weighted by Gasteiger charge is 2.15. The first kappa shape index (κ1) is 13.6. The molecule has 0 amide bonds. The van der Waals surface area contributed by atoms with Crippen LogP contribution in [0.5, 0.6) is 5.75 Å². The topological polar surface area (TPSA) is 46.8 Å². The number of thiazole rings is 1. The van der Waals surface area contributed by atoms with Crippen molar-refractivity contribution < 1.29 is 9.84 Å². The van der Waals surface area contributed by atoms with Crippen LogP contribution in [0.25, 0.3) is 4.96 Å². The van der Waals surface area contributed by atoms with Crippen LogP contribution >= 0.6 is 27.3 Å². The summed E-state index contributed by atoms with van der Waals surface area (Å²) in [7, 11) is 1.61. The van der Waals surface area contributed by atoms with Crippen LogP contribution in [0.2, 0.25) is 0 Å². The summed E-state index contributed by atoms with van der Waals surface area (Å²) in [6, 6.07) is 5.57. The fourth-order valence-electron chi connectivity index (χ4n) is 2.09. The first-order chi connectivity index (χ1) is 9.67. The van der Waals surface area contributed by atoms with E-state index in [0.29, 0.717) is 6.42 Å². The maximum Gasteiger partial charge on any atom is 0.193 e. The van der Waals surface area contributed by atoms with Gasteiger partial charge in [-0.2, -0.15) is 0 Å². The summed E-state index contributed by atoms with van der Waals surface area (Å²) < 4.78 is 8.03. The Morgan fingerprint density at radius 1 is 1.50 bits per heavy atom. The van der Waals surface area contributed by atoms with Crippen LogP contribution in [-0.2, 0) is 6.42 Å². The molecule has 0 aliphatic rings. The van der Waals surface area contributed by atoms with E-state index in [4.69, 9.17) is 4.74 Å². The third kappa shape index (κ3) is 2.59. The number of hydrogen-bond donors (Lipinski definition) is 1. The van der Waals surface area contributed by atoms with Gasteiger partial charge in [-0.05, 0) is 23.8 Å². The van der Waals surface area contributed by atoms with E-state index in [0.717, 1.165) is 26.4 Å². The first-order valence-electron chi connectivity index (χ1n) is 6.10. The molecule has 0 saturated carbocycles. The highest BCUT2D eigenvalue weighted by Crippen LogP contribution is 2.29. The summed E-state index contributed by atoms with van der Waals surface area (Å²) in [5, 5.41) is 12.4. The maximum absolute atomic E-state index is 10.4. The molecule has 2 heterocycles. The predicted molar refractivity (Wildman–Crippen MR) is 82.4 cm³/mol. The zero-order valence-corrected chi connectivity index (χ0v) is 13.2. The average molecular weight is 353 g/mol. The second-order valence-electron chi connectivity index (χ2n) is 4.43. The minimum atomic E-state index is -0.621. The van der Waals surface area contributed by atoms with Crippen molar-refractivity contribution in [2.45, 2.75) is 12.5 Å². The number of aromatic nitrogens is 2. The Kier molecular flexibility index (Phi) is 3.78. The van der Waals surface area contributed by atoms with Gasteiger partial charge in [0.05, 0.1) is 18.9 Å². The number of rotatable bonds is 4. The predicted octanol–water partition coefficient (Wildman–Crippen LogP) is 3.44. The molecule has 3 rings (SSSR count). The standard InChI is InChI=1S/C14H13BrN2O2S/c1-19-10-2-3-12(15)11(7-10)13(18)6-9-8-17-4-5-20-14(17)16-9/h2-5,7-8,13,18H,6H2,1H3. The molecule has 0 aliphatic carbocycles. The van der Waals surface area contributed by atoms with E-state index in [1.807, 2.05) is 40.4 Å². The van der Waals surface area contributed by atoms with E-state index >= 15 is 0 Å². The maximum atomic E-state index is 10.4. The van der Waals surface area contributed by atoms with Crippen molar-refractivity contribution in [3.05, 3.63) is 51.7 Å². The van der Waals surface area contributed by atoms with E-state index in [1.165, 1.54) is 0 Å². The Hall–Kier alpha value is -1.37. The molecular formula is C14H13BrN2O2S. The number of aliphatic hydroxyl groups excluding tert-OH is 1. The summed E-state index contributed by atoms with van der Waals surface area (Å²) in [5.74, 6) is 0.730. The van der Waals surface area contributed by atoms with Crippen LogP contribution < -0.4 is 4.74 Å². The van der Waals surface area contributed by atoms with Crippen molar-refractivity contribution in [1.82, 2.24) is 9.38 Å². The molecule has 0 aliphatic heterocycles. The monoisotopic (exact) mass is 352 g/mol. The van der Waals surface area contributed by atoms with E-state index in [2.05, 4.69) is 20.9 Å². The largest absolute Gasteiger partial charge is 0.497 e. The summed E-state index contributed by atoms with van der Waals surface area (Å²) in [5.41, 5.74) is 1.68. The zero-order valence-electron chi connectivity index (χ0n) is 10.8. The lowest BCUT2D eigenvalue weighted by Crippen LogP contribution is -2.03. The Morgan fingerprint density at radius 3 is 3.10 bits per heavy atom. The van der Waals surface area contributed by atoms with Gasteiger partial charge in [0, 0.05) is 28.7 Å². The Labute approximate surface area is 128 Å². The molecule has 104 valence electrons. The Bertz CT molecular complexity index is 709. The number of hydrogen-bond acceptors (Lipinski definition) is 4. The van der Waals surface area contributed by atoms with E-state index < -0.39 is 6.10 Å². The summed E-state index contributed by atoms with van der Waals surface area (Å²) in [6.07, 6.45) is 3.76. The smallest absolute Gasteiger partial charge is 0.193 e. The number of methoxy groups -OCH3 is 1. The van der Waals surface area contributed by atoms with E-state index in [9.17, 15) is 5.11 Å². The Balaban J connectivity index is 1.85. The van der Waals surface area contributed by atoms with Gasteiger partial charge >= 0.3 is 0 Å². The fraction of sp³-hybridized carbons (Fsp3) is 0.214. The normalized spacial score (nSPS) is 12.8. The SMILES string of the molecule is COc1ccc(Br)c(C(O)Cc2cn3ccsc3n2)c1. The highest BCUT2D eigenvalue weighted by molar-refractivity contribution is 9.10. The van der Waals surface area contributed by atoms with Gasteiger partial charge < -0.3 is 9.84 Å². The van der Waals surface area contributed by atoms with Crippen LogP contribution in [0.1, 0.15) is 17.4 Å². The number of ether oxygens (including phenoxy) is 1. The minimum Gasteiger partial charge on any atom is -0.497 e. The molecule has 20 heavy (non-hydrogen) atoms. The number of halogens is 1. The van der Waals surface area contributed by atoms with Gasteiger partial charge in [-0.15, -0.1) is 11.3 Å². The third-order valence-electron chi connectivity index (χ3n) is 3.11. The second kappa shape index (κ2) is 5.55. The molecule has 2 aromatic heterocycles. The quantitative estimate of drug-likeness (QED) is 0.782. The average Bonchev–Trinajstić information content (AvgIpc) is 3.00. The van der Waals surface area contributed by atoms with E-state index in [1.54, 1.807) is 18.4 Å².